The van der Waals surface area contributed by atoms with Gasteiger partial charge >= 0.3 is 5.97 Å². The molecule has 1 aliphatic heterocycles. The van der Waals surface area contributed by atoms with Gasteiger partial charge in [-0.1, -0.05) is 0 Å². The van der Waals surface area contributed by atoms with Crippen molar-refractivity contribution in [1.82, 2.24) is 4.57 Å². The summed E-state index contributed by atoms with van der Waals surface area (Å²) in [5.41, 5.74) is 9.38. The minimum atomic E-state index is -0.563. The molecule has 0 spiro atoms. The van der Waals surface area contributed by atoms with Gasteiger partial charge in [0.25, 0.3) is 5.56 Å². The molecular formula is C23H28N2O5S. The maximum absolute atomic E-state index is 13.3. The van der Waals surface area contributed by atoms with Crippen molar-refractivity contribution in [2.45, 2.75) is 55.9 Å². The molecule has 166 valence electrons. The Kier molecular flexibility index (Phi) is 6.29. The van der Waals surface area contributed by atoms with Crippen LogP contribution in [0.5, 0.6) is 5.75 Å². The van der Waals surface area contributed by atoms with Crippen molar-refractivity contribution in [3.05, 3.63) is 39.7 Å². The molecule has 0 unspecified atom stereocenters. The number of ether oxygens (including phenoxy) is 3. The third-order valence-corrected chi connectivity index (χ3v) is 6.39. The Bertz CT molecular complexity index is 1060. The number of hydrogen-bond donors (Lipinski definition) is 1. The molecule has 31 heavy (non-hydrogen) atoms. The molecule has 1 saturated carbocycles. The summed E-state index contributed by atoms with van der Waals surface area (Å²) in [5.74, 6) is 0.736. The molecule has 0 saturated heterocycles. The Balaban J connectivity index is 1.76. The van der Waals surface area contributed by atoms with Crippen molar-refractivity contribution in [2.24, 2.45) is 0 Å². The first-order valence-electron chi connectivity index (χ1n) is 10.6. The zero-order chi connectivity index (χ0) is 22.1. The topological polar surface area (TPSA) is 92.8 Å². The molecule has 8 heteroatoms. The summed E-state index contributed by atoms with van der Waals surface area (Å²) in [7, 11) is 1.66. The summed E-state index contributed by atoms with van der Waals surface area (Å²) >= 11 is 1.65. The first kappa shape index (κ1) is 21.8. The number of nitrogens with two attached hydrogens (primary N) is 1. The average molecular weight is 445 g/mol. The zero-order valence-corrected chi connectivity index (χ0v) is 18.9. The van der Waals surface area contributed by atoms with E-state index in [1.165, 1.54) is 0 Å². The fourth-order valence-corrected chi connectivity index (χ4v) is 4.79. The molecular weight excluding hydrogens is 416 g/mol. The van der Waals surface area contributed by atoms with E-state index in [9.17, 15) is 9.59 Å². The van der Waals surface area contributed by atoms with E-state index in [0.29, 0.717) is 30.4 Å². The smallest absolute Gasteiger partial charge is 0.344 e. The number of nitrogens with zero attached hydrogens (tertiary/aromatic N) is 1. The van der Waals surface area contributed by atoms with Crippen molar-refractivity contribution in [3.8, 4) is 17.0 Å². The van der Waals surface area contributed by atoms with E-state index in [4.69, 9.17) is 19.9 Å². The molecule has 1 aliphatic carbocycles. The average Bonchev–Trinajstić information content (AvgIpc) is 3.55. The molecule has 1 aromatic carbocycles. The number of anilines is 1. The lowest BCUT2D eigenvalue weighted by Gasteiger charge is -2.25. The molecule has 0 radical (unpaired) electrons. The van der Waals surface area contributed by atoms with Gasteiger partial charge in [0.15, 0.2) is 0 Å². The van der Waals surface area contributed by atoms with Crippen LogP contribution in [0, 0.1) is 0 Å². The predicted octanol–water partition coefficient (Wildman–Crippen LogP) is 4.02. The van der Waals surface area contributed by atoms with Gasteiger partial charge in [0.1, 0.15) is 11.3 Å². The Morgan fingerprint density at radius 3 is 2.71 bits per heavy atom. The number of hydrogen-bond acceptors (Lipinski definition) is 7. The Hall–Kier alpha value is -2.45. The maximum Gasteiger partial charge on any atom is 0.344 e. The Labute approximate surface area is 185 Å². The number of rotatable bonds is 8. The number of aromatic nitrogens is 1. The summed E-state index contributed by atoms with van der Waals surface area (Å²) in [4.78, 5) is 26.9. The van der Waals surface area contributed by atoms with Crippen LogP contribution in [0.15, 0.2) is 27.9 Å². The molecule has 7 nitrogen and oxygen atoms in total. The lowest BCUT2D eigenvalue weighted by molar-refractivity contribution is 0.0375. The number of carbonyl (C=O) groups excluding carboxylic acids is 1. The third-order valence-electron chi connectivity index (χ3n) is 5.29. The van der Waals surface area contributed by atoms with E-state index in [1.54, 1.807) is 43.4 Å². The van der Waals surface area contributed by atoms with E-state index in [0.717, 1.165) is 41.0 Å². The number of carbonyl (C=O) groups is 1. The number of pyridine rings is 1. The summed E-state index contributed by atoms with van der Waals surface area (Å²) in [6.45, 7) is 4.70. The standard InChI is InChI=1S/C23H28N2O5S/c1-13(2)30-23(27)17-9-14-12-31-20-11-19(29-8-4-7-28-3)18(24)10-16(20)21(14)25(22(17)26)15-5-6-15/h9-11,13,15H,4-8,12,24H2,1-3H3. The first-order valence-corrected chi connectivity index (χ1v) is 11.6. The van der Waals surface area contributed by atoms with Gasteiger partial charge < -0.3 is 24.5 Å². The molecule has 0 bridgehead atoms. The second kappa shape index (κ2) is 8.96. The number of fused-ring (bicyclic) bond motifs is 3. The summed E-state index contributed by atoms with van der Waals surface area (Å²) < 4.78 is 18.0. The van der Waals surface area contributed by atoms with Crippen LogP contribution in [0.4, 0.5) is 5.69 Å². The fraction of sp³-hybridized carbons (Fsp3) is 0.478. The molecule has 2 N–H and O–H groups in total. The second-order valence-electron chi connectivity index (χ2n) is 8.16. The molecule has 2 heterocycles. The van der Waals surface area contributed by atoms with Crippen molar-refractivity contribution in [3.63, 3.8) is 0 Å². The first-order chi connectivity index (χ1) is 14.9. The van der Waals surface area contributed by atoms with Crippen LogP contribution >= 0.6 is 11.8 Å². The van der Waals surface area contributed by atoms with Crippen molar-refractivity contribution in [1.29, 1.82) is 0 Å². The minimum absolute atomic E-state index is 0.106. The van der Waals surface area contributed by atoms with E-state index >= 15 is 0 Å². The van der Waals surface area contributed by atoms with Gasteiger partial charge in [-0.15, -0.1) is 11.8 Å². The molecule has 1 aromatic heterocycles. The molecule has 4 rings (SSSR count). The van der Waals surface area contributed by atoms with Crippen molar-refractivity contribution in [2.75, 3.05) is 26.1 Å². The quantitative estimate of drug-likeness (QED) is 0.373. The van der Waals surface area contributed by atoms with Gasteiger partial charge in [0, 0.05) is 42.4 Å². The maximum atomic E-state index is 13.3. The highest BCUT2D eigenvalue weighted by Crippen LogP contribution is 2.47. The minimum Gasteiger partial charge on any atom is -0.491 e. The van der Waals surface area contributed by atoms with Crippen molar-refractivity contribution < 1.29 is 19.0 Å². The van der Waals surface area contributed by atoms with Gasteiger partial charge in [-0.05, 0) is 50.5 Å². The highest BCUT2D eigenvalue weighted by molar-refractivity contribution is 7.98. The predicted molar refractivity (Wildman–Crippen MR) is 121 cm³/mol. The highest BCUT2D eigenvalue weighted by atomic mass is 32.2. The summed E-state index contributed by atoms with van der Waals surface area (Å²) in [5, 5.41) is 0. The fourth-order valence-electron chi connectivity index (χ4n) is 3.76. The van der Waals surface area contributed by atoms with Crippen LogP contribution in [0.3, 0.4) is 0 Å². The highest BCUT2D eigenvalue weighted by Gasteiger charge is 2.34. The van der Waals surface area contributed by atoms with Crippen LogP contribution < -0.4 is 16.0 Å². The number of nitrogen functional groups attached to an aromatic ring is 1. The van der Waals surface area contributed by atoms with Crippen molar-refractivity contribution >= 4 is 23.4 Å². The number of benzene rings is 1. The third kappa shape index (κ3) is 4.45. The van der Waals surface area contributed by atoms with Crippen LogP contribution in [-0.2, 0) is 15.2 Å². The normalized spacial score (nSPS) is 14.8. The Morgan fingerprint density at radius 1 is 1.26 bits per heavy atom. The second-order valence-corrected chi connectivity index (χ2v) is 9.18. The monoisotopic (exact) mass is 444 g/mol. The molecule has 2 aromatic rings. The van der Waals surface area contributed by atoms with Crippen LogP contribution in [0.2, 0.25) is 0 Å². The van der Waals surface area contributed by atoms with E-state index in [-0.39, 0.29) is 23.3 Å². The number of methoxy groups -OCH3 is 1. The lowest BCUT2D eigenvalue weighted by Crippen LogP contribution is -2.30. The van der Waals surface area contributed by atoms with Gasteiger partial charge in [0.05, 0.1) is 24.1 Å². The molecule has 2 aliphatic rings. The summed E-state index contributed by atoms with van der Waals surface area (Å²) in [6.07, 6.45) is 2.34. The van der Waals surface area contributed by atoms with E-state index in [2.05, 4.69) is 0 Å². The van der Waals surface area contributed by atoms with Gasteiger partial charge in [0.2, 0.25) is 0 Å². The molecule has 1 fully saturated rings. The SMILES string of the molecule is COCCCOc1cc2c(cc1N)-c1c(cc(C(=O)OC(C)C)c(=O)n1C1CC1)CS2. The number of esters is 1. The largest absolute Gasteiger partial charge is 0.491 e. The molecule has 0 amide bonds. The Morgan fingerprint density at radius 2 is 2.03 bits per heavy atom. The zero-order valence-electron chi connectivity index (χ0n) is 18.1. The number of thioether (sulfide) groups is 1. The van der Waals surface area contributed by atoms with E-state index < -0.39 is 5.97 Å². The van der Waals surface area contributed by atoms with E-state index in [1.807, 2.05) is 12.1 Å². The van der Waals surface area contributed by atoms with Crippen LogP contribution in [0.1, 0.15) is 55.1 Å². The summed E-state index contributed by atoms with van der Waals surface area (Å²) in [6, 6.07) is 5.64. The lowest BCUT2D eigenvalue weighted by atomic mass is 10.0. The molecule has 0 atom stereocenters. The van der Waals surface area contributed by atoms with Crippen LogP contribution in [-0.4, -0.2) is 37.0 Å². The van der Waals surface area contributed by atoms with Gasteiger partial charge in [-0.3, -0.25) is 4.79 Å². The van der Waals surface area contributed by atoms with Gasteiger partial charge in [-0.25, -0.2) is 4.79 Å². The van der Waals surface area contributed by atoms with Gasteiger partial charge in [-0.2, -0.15) is 0 Å². The van der Waals surface area contributed by atoms with Crippen LogP contribution in [0.25, 0.3) is 11.3 Å².